The van der Waals surface area contributed by atoms with E-state index in [0.29, 0.717) is 11.8 Å². The lowest BCUT2D eigenvalue weighted by Crippen LogP contribution is -2.28. The molecule has 2 aromatic carbocycles. The minimum Gasteiger partial charge on any atom is -0.495 e. The van der Waals surface area contributed by atoms with E-state index in [4.69, 9.17) is 4.74 Å². The first-order valence-corrected chi connectivity index (χ1v) is 11.7. The molecule has 0 radical (unpaired) electrons. The van der Waals surface area contributed by atoms with Crippen molar-refractivity contribution in [2.75, 3.05) is 23.9 Å². The number of anilines is 2. The van der Waals surface area contributed by atoms with E-state index in [0.717, 1.165) is 31.4 Å². The van der Waals surface area contributed by atoms with Crippen LogP contribution in [-0.2, 0) is 32.3 Å². The zero-order chi connectivity index (χ0) is 24.0. The van der Waals surface area contributed by atoms with Gasteiger partial charge in [-0.05, 0) is 60.7 Å². The number of nitrogens with zero attached hydrogens (tertiary/aromatic N) is 1. The summed E-state index contributed by atoms with van der Waals surface area (Å²) in [7, 11) is -4.37. The number of alkyl halides is 3. The van der Waals surface area contributed by atoms with Crippen molar-refractivity contribution in [3.8, 4) is 5.75 Å². The molecule has 2 aromatic rings. The van der Waals surface area contributed by atoms with E-state index >= 15 is 0 Å². The first-order valence-electron chi connectivity index (χ1n) is 10.2. The maximum absolute atomic E-state index is 12.9. The van der Waals surface area contributed by atoms with Crippen molar-refractivity contribution in [2.45, 2.75) is 36.1 Å². The average Bonchev–Trinajstić information content (AvgIpc) is 3.38. The molecule has 1 aliphatic carbocycles. The molecule has 1 aliphatic heterocycles. The first-order chi connectivity index (χ1) is 15.5. The summed E-state index contributed by atoms with van der Waals surface area (Å²) in [5.41, 5.74) is -2.58. The Morgan fingerprint density at radius 2 is 1.85 bits per heavy atom. The van der Waals surface area contributed by atoms with Crippen LogP contribution in [-0.4, -0.2) is 39.4 Å². The molecule has 0 spiro atoms. The van der Waals surface area contributed by atoms with Crippen molar-refractivity contribution in [3.63, 3.8) is 0 Å². The molecule has 176 valence electrons. The molecule has 7 nitrogen and oxygen atoms in total. The maximum Gasteiger partial charge on any atom is 0.501 e. The molecule has 11 heteroatoms. The molecule has 0 aromatic heterocycles. The minimum atomic E-state index is -5.61. The first kappa shape index (κ1) is 23.1. The monoisotopic (exact) mass is 482 g/mol. The quantitative estimate of drug-likeness (QED) is 0.705. The molecule has 0 bridgehead atoms. The molecule has 2 amide bonds. The van der Waals surface area contributed by atoms with E-state index in [1.165, 1.54) is 23.1 Å². The van der Waals surface area contributed by atoms with E-state index in [1.807, 2.05) is 18.2 Å². The summed E-state index contributed by atoms with van der Waals surface area (Å²) in [5.74, 6) is -1.64. The third-order valence-electron chi connectivity index (χ3n) is 5.93. The number of carbonyl (C=O) groups excluding carboxylic acids is 2. The van der Waals surface area contributed by atoms with Crippen LogP contribution in [0.2, 0.25) is 0 Å². The standard InChI is InChI=1S/C22H21F3N2O5S/c1-32-19-8-7-17(33(30,31)22(23,24)25)11-18(19)26-21(29)15-10-20(28)27(12-15)16-6-5-13-3-2-4-14(13)9-16/h5-9,11,15H,2-4,10,12H2,1H3,(H,26,29). The van der Waals surface area contributed by atoms with Gasteiger partial charge in [0.15, 0.2) is 0 Å². The molecule has 1 heterocycles. The zero-order valence-corrected chi connectivity index (χ0v) is 18.4. The summed E-state index contributed by atoms with van der Waals surface area (Å²) >= 11 is 0. The van der Waals surface area contributed by atoms with Crippen molar-refractivity contribution in [3.05, 3.63) is 47.5 Å². The van der Waals surface area contributed by atoms with E-state index < -0.39 is 32.1 Å². The predicted octanol–water partition coefficient (Wildman–Crippen LogP) is 3.47. The Balaban J connectivity index is 1.54. The Morgan fingerprint density at radius 1 is 1.12 bits per heavy atom. The zero-order valence-electron chi connectivity index (χ0n) is 17.6. The lowest BCUT2D eigenvalue weighted by Gasteiger charge is -2.18. The fourth-order valence-corrected chi connectivity index (χ4v) is 4.97. The van der Waals surface area contributed by atoms with Gasteiger partial charge in [-0.1, -0.05) is 6.07 Å². The van der Waals surface area contributed by atoms with Gasteiger partial charge in [-0.3, -0.25) is 9.59 Å². The fraction of sp³-hybridized carbons (Fsp3) is 0.364. The molecular weight excluding hydrogens is 461 g/mol. The van der Waals surface area contributed by atoms with E-state index in [2.05, 4.69) is 5.32 Å². The van der Waals surface area contributed by atoms with Gasteiger partial charge in [0, 0.05) is 18.7 Å². The van der Waals surface area contributed by atoms with Crippen LogP contribution >= 0.6 is 0 Å². The van der Waals surface area contributed by atoms with Crippen molar-refractivity contribution in [1.82, 2.24) is 0 Å². The van der Waals surface area contributed by atoms with Gasteiger partial charge in [-0.25, -0.2) is 8.42 Å². The Bertz CT molecular complexity index is 1230. The molecule has 4 rings (SSSR count). The van der Waals surface area contributed by atoms with Crippen LogP contribution in [0.5, 0.6) is 5.75 Å². The number of sulfone groups is 1. The second kappa shape index (κ2) is 8.36. The highest BCUT2D eigenvalue weighted by Gasteiger charge is 2.47. The van der Waals surface area contributed by atoms with Crippen LogP contribution < -0.4 is 15.0 Å². The van der Waals surface area contributed by atoms with Crippen LogP contribution in [0.4, 0.5) is 24.5 Å². The van der Waals surface area contributed by atoms with Crippen LogP contribution in [0.15, 0.2) is 41.3 Å². The summed E-state index contributed by atoms with van der Waals surface area (Å²) in [5, 5.41) is 2.43. The van der Waals surface area contributed by atoms with Crippen molar-refractivity contribution >= 4 is 33.0 Å². The third-order valence-corrected chi connectivity index (χ3v) is 7.42. The van der Waals surface area contributed by atoms with Crippen molar-refractivity contribution < 1.29 is 35.9 Å². The van der Waals surface area contributed by atoms with Crippen molar-refractivity contribution in [1.29, 1.82) is 0 Å². The number of amides is 2. The number of benzene rings is 2. The van der Waals surface area contributed by atoms with Crippen LogP contribution in [0.1, 0.15) is 24.0 Å². The molecule has 2 aliphatic rings. The SMILES string of the molecule is COc1ccc(S(=O)(=O)C(F)(F)F)cc1NC(=O)C1CC(=O)N(c2ccc3c(c2)CCC3)C1. The van der Waals surface area contributed by atoms with Gasteiger partial charge in [-0.2, -0.15) is 13.2 Å². The van der Waals surface area contributed by atoms with Crippen molar-refractivity contribution in [2.24, 2.45) is 5.92 Å². The second-order valence-corrected chi connectivity index (χ2v) is 9.95. The smallest absolute Gasteiger partial charge is 0.495 e. The number of aryl methyl sites for hydroxylation is 2. The summed E-state index contributed by atoms with van der Waals surface area (Å²) in [6.45, 7) is 0.103. The number of rotatable bonds is 5. The number of nitrogens with one attached hydrogen (secondary N) is 1. The third kappa shape index (κ3) is 4.29. The number of hydrogen-bond donors (Lipinski definition) is 1. The topological polar surface area (TPSA) is 92.8 Å². The van der Waals surface area contributed by atoms with Gasteiger partial charge < -0.3 is 15.0 Å². The van der Waals surface area contributed by atoms with Crippen LogP contribution in [0.3, 0.4) is 0 Å². The number of fused-ring (bicyclic) bond motifs is 1. The summed E-state index contributed by atoms with van der Waals surface area (Å²) in [4.78, 5) is 25.9. The Labute approximate surface area is 188 Å². The molecular formula is C22H21F3N2O5S. The molecule has 1 saturated heterocycles. The summed E-state index contributed by atoms with van der Waals surface area (Å²) in [6.07, 6.45) is 2.92. The van der Waals surface area contributed by atoms with E-state index in [9.17, 15) is 31.2 Å². The number of hydrogen-bond acceptors (Lipinski definition) is 5. The van der Waals surface area contributed by atoms with Gasteiger partial charge in [0.1, 0.15) is 5.75 Å². The van der Waals surface area contributed by atoms with Gasteiger partial charge in [0.05, 0.1) is 23.6 Å². The Morgan fingerprint density at radius 3 is 2.55 bits per heavy atom. The lowest BCUT2D eigenvalue weighted by molar-refractivity contribution is -0.122. The van der Waals surface area contributed by atoms with E-state index in [-0.39, 0.29) is 30.3 Å². The highest BCUT2D eigenvalue weighted by molar-refractivity contribution is 7.92. The number of halogens is 3. The highest BCUT2D eigenvalue weighted by Crippen LogP contribution is 2.36. The Kier molecular flexibility index (Phi) is 5.85. The Hall–Kier alpha value is -3.08. The normalized spacial score (nSPS) is 18.4. The predicted molar refractivity (Wildman–Crippen MR) is 114 cm³/mol. The van der Waals surface area contributed by atoms with Crippen LogP contribution in [0.25, 0.3) is 0 Å². The molecule has 33 heavy (non-hydrogen) atoms. The van der Waals surface area contributed by atoms with Gasteiger partial charge in [0.2, 0.25) is 11.8 Å². The molecule has 1 N–H and O–H groups in total. The summed E-state index contributed by atoms with van der Waals surface area (Å²) < 4.78 is 67.3. The van der Waals surface area contributed by atoms with Gasteiger partial charge in [0.25, 0.3) is 9.84 Å². The molecule has 1 unspecified atom stereocenters. The minimum absolute atomic E-state index is 0.00993. The van der Waals surface area contributed by atoms with E-state index in [1.54, 1.807) is 0 Å². The summed E-state index contributed by atoms with van der Waals surface area (Å²) in [6, 6.07) is 8.27. The van der Waals surface area contributed by atoms with Gasteiger partial charge in [-0.15, -0.1) is 0 Å². The average molecular weight is 482 g/mol. The number of carbonyl (C=O) groups is 2. The lowest BCUT2D eigenvalue weighted by atomic mass is 10.1. The molecule has 1 fully saturated rings. The number of ether oxygens (including phenoxy) is 1. The number of methoxy groups -OCH3 is 1. The second-order valence-electron chi connectivity index (χ2n) is 8.01. The molecule has 0 saturated carbocycles. The van der Waals surface area contributed by atoms with Gasteiger partial charge >= 0.3 is 5.51 Å². The maximum atomic E-state index is 12.9. The van der Waals surface area contributed by atoms with Crippen LogP contribution in [0, 0.1) is 5.92 Å². The largest absolute Gasteiger partial charge is 0.501 e. The fourth-order valence-electron chi connectivity index (χ4n) is 4.18. The highest BCUT2D eigenvalue weighted by atomic mass is 32.2. The molecule has 1 atom stereocenters.